The first-order valence-corrected chi connectivity index (χ1v) is 8.74. The molecular weight excluding hydrogens is 264 g/mol. The van der Waals surface area contributed by atoms with Gasteiger partial charge in [0.2, 0.25) is 0 Å². The number of nitrogens with zero attached hydrogens (tertiary/aromatic N) is 4. The minimum absolute atomic E-state index is 0.812. The summed E-state index contributed by atoms with van der Waals surface area (Å²) in [5, 5.41) is 0. The van der Waals surface area contributed by atoms with Gasteiger partial charge < -0.3 is 9.64 Å². The maximum Gasteiger partial charge on any atom is 0.0594 e. The highest BCUT2D eigenvalue weighted by Crippen LogP contribution is 2.25. The van der Waals surface area contributed by atoms with Crippen LogP contribution in [-0.2, 0) is 4.74 Å². The van der Waals surface area contributed by atoms with E-state index in [4.69, 9.17) is 4.74 Å². The zero-order valence-electron chi connectivity index (χ0n) is 13.4. The molecule has 5 heteroatoms. The summed E-state index contributed by atoms with van der Waals surface area (Å²) in [6, 6.07) is 1.67. The maximum atomic E-state index is 5.45. The molecule has 0 N–H and O–H groups in total. The van der Waals surface area contributed by atoms with Gasteiger partial charge in [-0.3, -0.25) is 14.7 Å². The fourth-order valence-corrected chi connectivity index (χ4v) is 4.47. The van der Waals surface area contributed by atoms with E-state index in [1.54, 1.807) is 0 Å². The fourth-order valence-electron chi connectivity index (χ4n) is 4.47. The van der Waals surface area contributed by atoms with E-state index >= 15 is 0 Å². The van der Waals surface area contributed by atoms with Crippen LogP contribution in [-0.4, -0.2) is 111 Å². The van der Waals surface area contributed by atoms with Crippen LogP contribution < -0.4 is 0 Å². The van der Waals surface area contributed by atoms with Gasteiger partial charge in [0.25, 0.3) is 0 Å². The lowest BCUT2D eigenvalue weighted by atomic mass is 10.0. The third kappa shape index (κ3) is 3.13. The molecule has 4 heterocycles. The monoisotopic (exact) mass is 294 g/mol. The molecule has 0 aromatic heterocycles. The number of hydrogen-bond acceptors (Lipinski definition) is 5. The van der Waals surface area contributed by atoms with Crippen molar-refractivity contribution < 1.29 is 4.74 Å². The fraction of sp³-hybridized carbons (Fsp3) is 1.00. The first-order valence-electron chi connectivity index (χ1n) is 8.74. The van der Waals surface area contributed by atoms with Crippen molar-refractivity contribution in [2.45, 2.75) is 18.5 Å². The number of likely N-dealkylation sites (N-methyl/N-ethyl adjacent to an activating group) is 1. The molecule has 0 amide bonds. The second-order valence-corrected chi connectivity index (χ2v) is 7.55. The third-order valence-corrected chi connectivity index (χ3v) is 5.89. The predicted octanol–water partition coefficient (Wildman–Crippen LogP) is -0.361. The first-order chi connectivity index (χ1) is 10.3. The highest BCUT2D eigenvalue weighted by molar-refractivity contribution is 4.94. The van der Waals surface area contributed by atoms with E-state index in [0.29, 0.717) is 0 Å². The zero-order valence-corrected chi connectivity index (χ0v) is 13.4. The second-order valence-electron chi connectivity index (χ2n) is 7.55. The van der Waals surface area contributed by atoms with E-state index in [2.05, 4.69) is 26.6 Å². The summed E-state index contributed by atoms with van der Waals surface area (Å²) in [6.07, 6.45) is 1.42. The number of rotatable bonds is 4. The van der Waals surface area contributed by atoms with Crippen molar-refractivity contribution in [2.75, 3.05) is 79.2 Å². The minimum Gasteiger partial charge on any atom is -0.379 e. The van der Waals surface area contributed by atoms with E-state index in [-0.39, 0.29) is 0 Å². The summed E-state index contributed by atoms with van der Waals surface area (Å²) >= 11 is 0. The van der Waals surface area contributed by atoms with E-state index in [1.165, 1.54) is 52.2 Å². The van der Waals surface area contributed by atoms with Crippen LogP contribution in [0.2, 0.25) is 0 Å². The summed E-state index contributed by atoms with van der Waals surface area (Å²) in [6.45, 7) is 13.3. The third-order valence-electron chi connectivity index (χ3n) is 5.89. The smallest absolute Gasteiger partial charge is 0.0594 e. The molecule has 0 spiro atoms. The van der Waals surface area contributed by atoms with Gasteiger partial charge in [0.15, 0.2) is 0 Å². The Hall–Kier alpha value is -0.200. The Morgan fingerprint density at radius 1 is 0.857 bits per heavy atom. The molecule has 1 atom stereocenters. The quantitative estimate of drug-likeness (QED) is 0.704. The molecular formula is C16H30N4O. The first kappa shape index (κ1) is 14.4. The molecule has 4 fully saturated rings. The summed E-state index contributed by atoms with van der Waals surface area (Å²) < 4.78 is 5.45. The largest absolute Gasteiger partial charge is 0.379 e. The van der Waals surface area contributed by atoms with Crippen molar-refractivity contribution >= 4 is 0 Å². The molecule has 4 rings (SSSR count). The second kappa shape index (κ2) is 6.13. The van der Waals surface area contributed by atoms with Crippen LogP contribution in [0.5, 0.6) is 0 Å². The Labute approximate surface area is 128 Å². The number of hydrogen-bond donors (Lipinski definition) is 0. The standard InChI is InChI=1S/C16H30N4O/c1-17-10-15(11-17)20-3-2-14(9-20)8-18-12-16(13-18)19-4-6-21-7-5-19/h14-16H,2-13H2,1H3. The number of likely N-dealkylation sites (tertiary alicyclic amines) is 3. The van der Waals surface area contributed by atoms with Gasteiger partial charge in [0.05, 0.1) is 13.2 Å². The van der Waals surface area contributed by atoms with Gasteiger partial charge in [0.1, 0.15) is 0 Å². The van der Waals surface area contributed by atoms with Gasteiger partial charge in [-0.2, -0.15) is 0 Å². The lowest BCUT2D eigenvalue weighted by molar-refractivity contribution is -0.0358. The molecule has 0 aromatic carbocycles. The maximum absolute atomic E-state index is 5.45. The summed E-state index contributed by atoms with van der Waals surface area (Å²) in [5.74, 6) is 0.918. The van der Waals surface area contributed by atoms with Crippen LogP contribution in [0.1, 0.15) is 6.42 Å². The lowest BCUT2D eigenvalue weighted by Crippen LogP contribution is -2.62. The van der Waals surface area contributed by atoms with Crippen molar-refractivity contribution in [1.82, 2.24) is 19.6 Å². The molecule has 0 saturated carbocycles. The molecule has 0 aromatic rings. The SMILES string of the molecule is CN1CC(N2CCC(CN3CC(N4CCOCC4)C3)C2)C1. The highest BCUT2D eigenvalue weighted by atomic mass is 16.5. The Morgan fingerprint density at radius 2 is 1.57 bits per heavy atom. The highest BCUT2D eigenvalue weighted by Gasteiger charge is 2.37. The van der Waals surface area contributed by atoms with Gasteiger partial charge in [-0.1, -0.05) is 0 Å². The van der Waals surface area contributed by atoms with Crippen LogP contribution >= 0.6 is 0 Å². The van der Waals surface area contributed by atoms with Crippen LogP contribution in [0.3, 0.4) is 0 Å². The van der Waals surface area contributed by atoms with Crippen LogP contribution in [0.4, 0.5) is 0 Å². The summed E-state index contributed by atoms with van der Waals surface area (Å²) in [5.41, 5.74) is 0. The average Bonchev–Trinajstić information content (AvgIpc) is 2.88. The molecule has 5 nitrogen and oxygen atoms in total. The molecule has 0 radical (unpaired) electrons. The topological polar surface area (TPSA) is 22.2 Å². The Morgan fingerprint density at radius 3 is 2.29 bits per heavy atom. The summed E-state index contributed by atoms with van der Waals surface area (Å²) in [4.78, 5) is 10.5. The molecule has 1 unspecified atom stereocenters. The zero-order chi connectivity index (χ0) is 14.2. The molecule has 21 heavy (non-hydrogen) atoms. The molecule has 0 aliphatic carbocycles. The van der Waals surface area contributed by atoms with Gasteiger partial charge >= 0.3 is 0 Å². The Kier molecular flexibility index (Phi) is 4.20. The van der Waals surface area contributed by atoms with Crippen LogP contribution in [0.25, 0.3) is 0 Å². The molecule has 4 aliphatic rings. The Bertz CT molecular complexity index is 348. The molecule has 4 saturated heterocycles. The van der Waals surface area contributed by atoms with Crippen molar-refractivity contribution in [3.63, 3.8) is 0 Å². The van der Waals surface area contributed by atoms with Gasteiger partial charge in [0, 0.05) is 64.4 Å². The normalized spacial score (nSPS) is 35.0. The van der Waals surface area contributed by atoms with E-state index in [9.17, 15) is 0 Å². The van der Waals surface area contributed by atoms with Gasteiger partial charge in [-0.05, 0) is 25.9 Å². The molecule has 120 valence electrons. The lowest BCUT2D eigenvalue weighted by Gasteiger charge is -2.47. The van der Waals surface area contributed by atoms with E-state index in [0.717, 1.165) is 44.3 Å². The Balaban J connectivity index is 1.15. The minimum atomic E-state index is 0.812. The predicted molar refractivity (Wildman–Crippen MR) is 83.6 cm³/mol. The van der Waals surface area contributed by atoms with Gasteiger partial charge in [-0.25, -0.2) is 0 Å². The van der Waals surface area contributed by atoms with Crippen LogP contribution in [0.15, 0.2) is 0 Å². The number of ether oxygens (including phenoxy) is 1. The van der Waals surface area contributed by atoms with Gasteiger partial charge in [-0.15, -0.1) is 0 Å². The molecule has 0 bridgehead atoms. The average molecular weight is 294 g/mol. The van der Waals surface area contributed by atoms with Crippen molar-refractivity contribution in [2.24, 2.45) is 5.92 Å². The molecule has 4 aliphatic heterocycles. The van der Waals surface area contributed by atoms with Crippen molar-refractivity contribution in [3.05, 3.63) is 0 Å². The van der Waals surface area contributed by atoms with Crippen molar-refractivity contribution in [3.8, 4) is 0 Å². The van der Waals surface area contributed by atoms with Crippen molar-refractivity contribution in [1.29, 1.82) is 0 Å². The van der Waals surface area contributed by atoms with E-state index < -0.39 is 0 Å². The van der Waals surface area contributed by atoms with Crippen LogP contribution in [0, 0.1) is 5.92 Å². The summed E-state index contributed by atoms with van der Waals surface area (Å²) in [7, 11) is 2.23. The van der Waals surface area contributed by atoms with E-state index in [1.807, 2.05) is 0 Å². The number of morpholine rings is 1.